The van der Waals surface area contributed by atoms with Crippen LogP contribution in [0.2, 0.25) is 0 Å². The first-order valence-corrected chi connectivity index (χ1v) is 4.46. The van der Waals surface area contributed by atoms with Crippen molar-refractivity contribution in [2.45, 2.75) is 6.92 Å². The van der Waals surface area contributed by atoms with Gasteiger partial charge in [-0.25, -0.2) is 4.98 Å². The molecule has 2 aromatic rings. The van der Waals surface area contributed by atoms with E-state index in [1.807, 2.05) is 6.92 Å². The maximum Gasteiger partial charge on any atom is 0.311 e. The predicted molar refractivity (Wildman–Crippen MR) is 59.0 cm³/mol. The Morgan fingerprint density at radius 2 is 2.20 bits per heavy atom. The zero-order valence-electron chi connectivity index (χ0n) is 8.50. The summed E-state index contributed by atoms with van der Waals surface area (Å²) in [7, 11) is 7.14. The second-order valence-electron chi connectivity index (χ2n) is 3.25. The maximum atomic E-state index is 11.4. The van der Waals surface area contributed by atoms with E-state index in [4.69, 9.17) is 12.6 Å². The second-order valence-corrected chi connectivity index (χ2v) is 3.25. The fraction of sp³-hybridized carbons (Fsp3) is 0.200. The fourth-order valence-corrected chi connectivity index (χ4v) is 1.43. The number of rotatable bonds is 1. The van der Waals surface area contributed by atoms with Gasteiger partial charge >= 0.3 is 5.56 Å². The lowest BCUT2D eigenvalue weighted by Crippen LogP contribution is -2.15. The van der Waals surface area contributed by atoms with Crippen LogP contribution in [0.1, 0.15) is 5.56 Å². The molecule has 1 N–H and O–H groups in total. The van der Waals surface area contributed by atoms with Gasteiger partial charge in [0.2, 0.25) is 0 Å². The third kappa shape index (κ3) is 1.50. The van der Waals surface area contributed by atoms with Crippen molar-refractivity contribution >= 4 is 24.3 Å². The van der Waals surface area contributed by atoms with Gasteiger partial charge in [-0.2, -0.15) is 0 Å². The van der Waals surface area contributed by atoms with Crippen molar-refractivity contribution in [3.63, 3.8) is 0 Å². The van der Waals surface area contributed by atoms with E-state index in [1.165, 1.54) is 7.11 Å². The molecule has 0 aliphatic carbocycles. The molecule has 1 aromatic carbocycles. The molecule has 1 heterocycles. The first-order valence-electron chi connectivity index (χ1n) is 4.46. The molecule has 0 saturated heterocycles. The molecule has 0 saturated carbocycles. The molecular weight excluding hydrogens is 191 g/mol. The maximum absolute atomic E-state index is 11.4. The average molecular weight is 200 g/mol. The van der Waals surface area contributed by atoms with Crippen molar-refractivity contribution in [3.8, 4) is 5.88 Å². The number of aromatic amines is 1. The van der Waals surface area contributed by atoms with Crippen molar-refractivity contribution in [2.24, 2.45) is 0 Å². The molecule has 0 bridgehead atoms. The molecule has 2 rings (SSSR count). The SMILES string of the molecule is [B]c1ccc2nc(OC)c(=O)[nH]c2c1C. The number of fused-ring (bicyclic) bond motifs is 1. The Morgan fingerprint density at radius 3 is 2.87 bits per heavy atom. The van der Waals surface area contributed by atoms with Crippen LogP contribution in [0.25, 0.3) is 11.0 Å². The summed E-state index contributed by atoms with van der Waals surface area (Å²) in [5.41, 5.74) is 2.42. The molecule has 5 heteroatoms. The van der Waals surface area contributed by atoms with Crippen LogP contribution in [0.15, 0.2) is 16.9 Å². The molecule has 1 aromatic heterocycles. The molecule has 0 fully saturated rings. The minimum atomic E-state index is -0.348. The van der Waals surface area contributed by atoms with Crippen LogP contribution < -0.4 is 15.8 Å². The van der Waals surface area contributed by atoms with Crippen LogP contribution in [0, 0.1) is 6.92 Å². The van der Waals surface area contributed by atoms with Crippen LogP contribution in [0.3, 0.4) is 0 Å². The van der Waals surface area contributed by atoms with Gasteiger partial charge in [0.25, 0.3) is 5.88 Å². The minimum Gasteiger partial charge on any atom is -0.477 e. The number of benzene rings is 1. The predicted octanol–water partition coefficient (Wildman–Crippen LogP) is 0.0339. The van der Waals surface area contributed by atoms with Gasteiger partial charge in [0.1, 0.15) is 7.85 Å². The summed E-state index contributed by atoms with van der Waals surface area (Å²) >= 11 is 0. The highest BCUT2D eigenvalue weighted by atomic mass is 16.5. The Balaban J connectivity index is 2.87. The molecule has 2 radical (unpaired) electrons. The Labute approximate surface area is 87.7 Å². The molecule has 0 aliphatic heterocycles. The molecule has 15 heavy (non-hydrogen) atoms. The van der Waals surface area contributed by atoms with Crippen molar-refractivity contribution in [2.75, 3.05) is 7.11 Å². The van der Waals surface area contributed by atoms with Gasteiger partial charge in [-0.15, -0.1) is 0 Å². The van der Waals surface area contributed by atoms with E-state index < -0.39 is 0 Å². The molecule has 74 valence electrons. The Morgan fingerprint density at radius 1 is 1.47 bits per heavy atom. The van der Waals surface area contributed by atoms with Crippen molar-refractivity contribution < 1.29 is 4.74 Å². The Kier molecular flexibility index (Phi) is 2.23. The van der Waals surface area contributed by atoms with Gasteiger partial charge in [0, 0.05) is 0 Å². The lowest BCUT2D eigenvalue weighted by molar-refractivity contribution is 0.393. The minimum absolute atomic E-state index is 0.0617. The van der Waals surface area contributed by atoms with E-state index in [0.717, 1.165) is 5.56 Å². The highest BCUT2D eigenvalue weighted by molar-refractivity contribution is 6.34. The fourth-order valence-electron chi connectivity index (χ4n) is 1.43. The van der Waals surface area contributed by atoms with E-state index >= 15 is 0 Å². The van der Waals surface area contributed by atoms with Crippen LogP contribution in [-0.2, 0) is 0 Å². The van der Waals surface area contributed by atoms with Crippen molar-refractivity contribution in [1.29, 1.82) is 0 Å². The van der Waals surface area contributed by atoms with E-state index in [0.29, 0.717) is 16.5 Å². The number of ether oxygens (including phenoxy) is 1. The number of hydrogen-bond donors (Lipinski definition) is 1. The molecular formula is C10H9BN2O2. The van der Waals surface area contributed by atoms with E-state index in [2.05, 4.69) is 9.97 Å². The Bertz CT molecular complexity index is 577. The number of nitrogens with one attached hydrogen (secondary N) is 1. The number of nitrogens with zero attached hydrogens (tertiary/aromatic N) is 1. The van der Waals surface area contributed by atoms with Gasteiger partial charge in [0.05, 0.1) is 18.1 Å². The molecule has 0 amide bonds. The highest BCUT2D eigenvalue weighted by Crippen LogP contribution is 2.11. The number of aromatic nitrogens is 2. The van der Waals surface area contributed by atoms with Gasteiger partial charge in [-0.05, 0) is 18.6 Å². The lowest BCUT2D eigenvalue weighted by atomic mass is 9.90. The molecule has 0 spiro atoms. The van der Waals surface area contributed by atoms with E-state index in [9.17, 15) is 4.79 Å². The first kappa shape index (κ1) is 9.77. The molecule has 4 nitrogen and oxygen atoms in total. The summed E-state index contributed by atoms with van der Waals surface area (Å²) in [6, 6.07) is 3.50. The van der Waals surface area contributed by atoms with Crippen molar-refractivity contribution in [3.05, 3.63) is 28.0 Å². The third-order valence-electron chi connectivity index (χ3n) is 2.33. The van der Waals surface area contributed by atoms with Gasteiger partial charge in [0.15, 0.2) is 0 Å². The first-order chi connectivity index (χ1) is 7.13. The molecule has 0 aliphatic rings. The summed E-state index contributed by atoms with van der Waals surface area (Å²) in [5, 5.41) is 0. The smallest absolute Gasteiger partial charge is 0.311 e. The van der Waals surface area contributed by atoms with E-state index in [1.54, 1.807) is 12.1 Å². The summed E-state index contributed by atoms with van der Waals surface area (Å²) < 4.78 is 4.84. The summed E-state index contributed by atoms with van der Waals surface area (Å²) in [4.78, 5) is 18.2. The van der Waals surface area contributed by atoms with Crippen LogP contribution in [0.4, 0.5) is 0 Å². The van der Waals surface area contributed by atoms with Gasteiger partial charge in [-0.1, -0.05) is 11.5 Å². The van der Waals surface area contributed by atoms with Crippen LogP contribution >= 0.6 is 0 Å². The van der Waals surface area contributed by atoms with Crippen molar-refractivity contribution in [1.82, 2.24) is 9.97 Å². The standard InChI is InChI=1S/C10H9BN2O2/c1-5-6(11)3-4-7-8(5)13-9(14)10(12-7)15-2/h3-4H,1-2H3,(H,13,14). The van der Waals surface area contributed by atoms with Gasteiger partial charge in [-0.3, -0.25) is 4.79 Å². The number of methoxy groups -OCH3 is 1. The van der Waals surface area contributed by atoms with Crippen LogP contribution in [-0.4, -0.2) is 24.9 Å². The number of H-pyrrole nitrogens is 1. The Hall–Kier alpha value is -1.78. The summed E-state index contributed by atoms with van der Waals surface area (Å²) in [6.45, 7) is 1.84. The molecule has 0 unspecified atom stereocenters. The van der Waals surface area contributed by atoms with E-state index in [-0.39, 0.29) is 11.4 Å². The topological polar surface area (TPSA) is 55.0 Å². The summed E-state index contributed by atoms with van der Waals surface area (Å²) in [5.74, 6) is 0.0617. The third-order valence-corrected chi connectivity index (χ3v) is 2.33. The summed E-state index contributed by atoms with van der Waals surface area (Å²) in [6.07, 6.45) is 0. The lowest BCUT2D eigenvalue weighted by Gasteiger charge is -2.06. The zero-order chi connectivity index (χ0) is 11.0. The quantitative estimate of drug-likeness (QED) is 0.661. The second kappa shape index (κ2) is 3.42. The number of aryl methyl sites for hydroxylation is 1. The normalized spacial score (nSPS) is 10.5. The highest BCUT2D eigenvalue weighted by Gasteiger charge is 2.06. The zero-order valence-corrected chi connectivity index (χ0v) is 8.50. The van der Waals surface area contributed by atoms with Crippen LogP contribution in [0.5, 0.6) is 5.88 Å². The largest absolute Gasteiger partial charge is 0.477 e. The number of hydrogen-bond acceptors (Lipinski definition) is 3. The van der Waals surface area contributed by atoms with Gasteiger partial charge < -0.3 is 9.72 Å². The average Bonchev–Trinajstić information content (AvgIpc) is 2.24. The monoisotopic (exact) mass is 200 g/mol. The molecule has 0 atom stereocenters.